The number of nitrogens with zero attached hydrogens (tertiary/aromatic N) is 2. The van der Waals surface area contributed by atoms with Crippen LogP contribution < -0.4 is 5.32 Å². The summed E-state index contributed by atoms with van der Waals surface area (Å²) in [6.07, 6.45) is 2.35. The van der Waals surface area contributed by atoms with E-state index >= 15 is 0 Å². The summed E-state index contributed by atoms with van der Waals surface area (Å²) in [6.45, 7) is 9.36. The van der Waals surface area contributed by atoms with Crippen LogP contribution in [-0.2, 0) is 11.2 Å². The maximum Gasteiger partial charge on any atom is 0.270 e. The van der Waals surface area contributed by atoms with Crippen molar-refractivity contribution in [1.29, 1.82) is 0 Å². The van der Waals surface area contributed by atoms with Gasteiger partial charge >= 0.3 is 0 Å². The first kappa shape index (κ1) is 19.2. The summed E-state index contributed by atoms with van der Waals surface area (Å²) in [5.74, 6) is 0.629. The molecule has 146 valence electrons. The number of aryl methyl sites for hydroxylation is 4. The molecule has 2 N–H and O–H groups in total. The maximum atomic E-state index is 12.8. The molecule has 3 heterocycles. The van der Waals surface area contributed by atoms with Crippen LogP contribution >= 0.6 is 0 Å². The zero-order valence-corrected chi connectivity index (χ0v) is 16.5. The number of carbonyl (C=O) groups is 2. The van der Waals surface area contributed by atoms with Crippen molar-refractivity contribution in [1.82, 2.24) is 20.4 Å². The van der Waals surface area contributed by atoms with Crippen molar-refractivity contribution in [3.05, 3.63) is 40.0 Å². The second kappa shape index (κ2) is 7.98. The average molecular weight is 372 g/mol. The van der Waals surface area contributed by atoms with Crippen molar-refractivity contribution >= 4 is 11.8 Å². The normalized spacial score (nSPS) is 17.2. The fourth-order valence-electron chi connectivity index (χ4n) is 3.80. The van der Waals surface area contributed by atoms with Gasteiger partial charge in [-0.05, 0) is 58.6 Å². The fourth-order valence-corrected chi connectivity index (χ4v) is 3.80. The predicted octanol–water partition coefficient (Wildman–Crippen LogP) is 2.45. The minimum Gasteiger partial charge on any atom is -0.361 e. The number of aromatic nitrogens is 2. The van der Waals surface area contributed by atoms with Gasteiger partial charge in [0.25, 0.3) is 5.91 Å². The number of hydrogen-bond donors (Lipinski definition) is 2. The van der Waals surface area contributed by atoms with E-state index in [1.165, 1.54) is 0 Å². The molecule has 0 bridgehead atoms. The Hall–Kier alpha value is -2.57. The third-order valence-electron chi connectivity index (χ3n) is 5.30. The Kier molecular flexibility index (Phi) is 5.68. The summed E-state index contributed by atoms with van der Waals surface area (Å²) in [5, 5.41) is 6.94. The largest absolute Gasteiger partial charge is 0.361 e. The Morgan fingerprint density at radius 3 is 2.74 bits per heavy atom. The summed E-state index contributed by atoms with van der Waals surface area (Å²) in [4.78, 5) is 30.3. The highest BCUT2D eigenvalue weighted by Crippen LogP contribution is 2.20. The van der Waals surface area contributed by atoms with Crippen molar-refractivity contribution in [3.63, 3.8) is 0 Å². The summed E-state index contributed by atoms with van der Waals surface area (Å²) in [6, 6.07) is 1.97. The Balaban J connectivity index is 1.55. The van der Waals surface area contributed by atoms with Gasteiger partial charge < -0.3 is 19.7 Å². The number of likely N-dealkylation sites (tertiary alicyclic amines) is 1. The Labute approximate surface area is 159 Å². The molecule has 2 aromatic rings. The number of nitrogens with one attached hydrogen (secondary N) is 2. The van der Waals surface area contributed by atoms with Crippen LogP contribution in [0, 0.1) is 33.6 Å². The molecule has 1 saturated heterocycles. The van der Waals surface area contributed by atoms with Gasteiger partial charge in [-0.3, -0.25) is 9.59 Å². The van der Waals surface area contributed by atoms with Gasteiger partial charge in [0, 0.05) is 30.9 Å². The zero-order chi connectivity index (χ0) is 19.6. The molecule has 1 aliphatic heterocycles. The number of hydrogen-bond acceptors (Lipinski definition) is 4. The second-order valence-electron chi connectivity index (χ2n) is 7.44. The van der Waals surface area contributed by atoms with E-state index in [1.54, 1.807) is 4.90 Å². The molecular weight excluding hydrogens is 344 g/mol. The van der Waals surface area contributed by atoms with Crippen LogP contribution in [0.3, 0.4) is 0 Å². The highest BCUT2D eigenvalue weighted by atomic mass is 16.5. The van der Waals surface area contributed by atoms with E-state index in [-0.39, 0.29) is 17.7 Å². The molecule has 3 rings (SSSR count). The van der Waals surface area contributed by atoms with Crippen molar-refractivity contribution < 1.29 is 14.1 Å². The van der Waals surface area contributed by atoms with Crippen LogP contribution in [-0.4, -0.2) is 46.5 Å². The minimum absolute atomic E-state index is 0.0126. The van der Waals surface area contributed by atoms with Crippen LogP contribution in [0.1, 0.15) is 51.6 Å². The van der Waals surface area contributed by atoms with Gasteiger partial charge in [0.05, 0.1) is 11.6 Å². The van der Waals surface area contributed by atoms with Gasteiger partial charge in [0.2, 0.25) is 5.91 Å². The molecule has 0 saturated carbocycles. The van der Waals surface area contributed by atoms with E-state index in [9.17, 15) is 9.59 Å². The first-order chi connectivity index (χ1) is 12.9. The number of rotatable bonds is 5. The molecule has 1 unspecified atom stereocenters. The van der Waals surface area contributed by atoms with E-state index in [1.807, 2.05) is 33.8 Å². The lowest BCUT2D eigenvalue weighted by Gasteiger charge is -2.32. The summed E-state index contributed by atoms with van der Waals surface area (Å²) >= 11 is 0. The first-order valence-electron chi connectivity index (χ1n) is 9.51. The van der Waals surface area contributed by atoms with Gasteiger partial charge in [-0.25, -0.2) is 0 Å². The highest BCUT2D eigenvalue weighted by Gasteiger charge is 2.30. The lowest BCUT2D eigenvalue weighted by molar-refractivity contribution is -0.126. The van der Waals surface area contributed by atoms with Crippen molar-refractivity contribution in [3.8, 4) is 0 Å². The topological polar surface area (TPSA) is 91.2 Å². The molecule has 2 amide bonds. The molecule has 27 heavy (non-hydrogen) atoms. The number of amides is 2. The molecule has 7 heteroatoms. The lowest BCUT2D eigenvalue weighted by atomic mass is 9.96. The summed E-state index contributed by atoms with van der Waals surface area (Å²) in [7, 11) is 0. The summed E-state index contributed by atoms with van der Waals surface area (Å²) in [5.41, 5.74) is 4.47. The minimum atomic E-state index is -0.163. The van der Waals surface area contributed by atoms with E-state index in [4.69, 9.17) is 4.52 Å². The van der Waals surface area contributed by atoms with E-state index in [0.29, 0.717) is 31.7 Å². The third-order valence-corrected chi connectivity index (χ3v) is 5.30. The summed E-state index contributed by atoms with van der Waals surface area (Å²) < 4.78 is 5.15. The molecule has 0 spiro atoms. The molecular formula is C20H28N4O3. The Morgan fingerprint density at radius 1 is 1.33 bits per heavy atom. The second-order valence-corrected chi connectivity index (χ2v) is 7.44. The van der Waals surface area contributed by atoms with Crippen LogP contribution in [0.4, 0.5) is 0 Å². The SMILES string of the molecule is Cc1cc(C)c(C(=O)N2CCCC(C(=O)NCCc3c(C)noc3C)C2)[nH]1. The molecule has 0 radical (unpaired) electrons. The number of aromatic amines is 1. The van der Waals surface area contributed by atoms with Gasteiger partial charge in [-0.1, -0.05) is 5.16 Å². The van der Waals surface area contributed by atoms with E-state index in [0.717, 1.165) is 41.1 Å². The third kappa shape index (κ3) is 4.23. The highest BCUT2D eigenvalue weighted by molar-refractivity contribution is 5.94. The predicted molar refractivity (Wildman–Crippen MR) is 102 cm³/mol. The maximum absolute atomic E-state index is 12.8. The molecule has 2 aromatic heterocycles. The van der Waals surface area contributed by atoms with Crippen molar-refractivity contribution in [2.45, 2.75) is 47.0 Å². The van der Waals surface area contributed by atoms with Crippen LogP contribution in [0.25, 0.3) is 0 Å². The van der Waals surface area contributed by atoms with E-state index in [2.05, 4.69) is 15.5 Å². The molecule has 1 aliphatic rings. The Morgan fingerprint density at radius 2 is 2.11 bits per heavy atom. The molecule has 1 fully saturated rings. The van der Waals surface area contributed by atoms with Crippen molar-refractivity contribution in [2.75, 3.05) is 19.6 Å². The van der Waals surface area contributed by atoms with E-state index < -0.39 is 0 Å². The zero-order valence-electron chi connectivity index (χ0n) is 16.5. The smallest absolute Gasteiger partial charge is 0.270 e. The molecule has 0 aliphatic carbocycles. The quantitative estimate of drug-likeness (QED) is 0.843. The van der Waals surface area contributed by atoms with Gasteiger partial charge in [-0.2, -0.15) is 0 Å². The van der Waals surface area contributed by atoms with Gasteiger partial charge in [-0.15, -0.1) is 0 Å². The van der Waals surface area contributed by atoms with Crippen molar-refractivity contribution in [2.24, 2.45) is 5.92 Å². The van der Waals surface area contributed by atoms with Crippen LogP contribution in [0.5, 0.6) is 0 Å². The average Bonchev–Trinajstić information content (AvgIpc) is 3.16. The number of carbonyl (C=O) groups excluding carboxylic acids is 2. The fraction of sp³-hybridized carbons (Fsp3) is 0.550. The first-order valence-corrected chi connectivity index (χ1v) is 9.51. The van der Waals surface area contributed by atoms with Gasteiger partial charge in [0.1, 0.15) is 11.5 Å². The monoisotopic (exact) mass is 372 g/mol. The Bertz CT molecular complexity index is 817. The van der Waals surface area contributed by atoms with Crippen LogP contribution in [0.2, 0.25) is 0 Å². The van der Waals surface area contributed by atoms with Crippen LogP contribution in [0.15, 0.2) is 10.6 Å². The van der Waals surface area contributed by atoms with Gasteiger partial charge in [0.15, 0.2) is 0 Å². The molecule has 0 aromatic carbocycles. The number of piperidine rings is 1. The molecule has 1 atom stereocenters. The lowest BCUT2D eigenvalue weighted by Crippen LogP contribution is -2.46. The molecule has 7 nitrogen and oxygen atoms in total. The number of H-pyrrole nitrogens is 1. The standard InChI is InChI=1S/C20H28N4O3/c1-12-10-13(2)22-18(12)20(26)24-9-5-6-16(11-24)19(25)21-8-7-17-14(3)23-27-15(17)4/h10,16,22H,5-9,11H2,1-4H3,(H,21,25).